The summed E-state index contributed by atoms with van der Waals surface area (Å²) in [6.45, 7) is 2.17. The van der Waals surface area contributed by atoms with Crippen LogP contribution in [0.25, 0.3) is 0 Å². The molecule has 1 nitrogen and oxygen atoms in total. The van der Waals surface area contributed by atoms with E-state index >= 15 is 0 Å². The Bertz CT molecular complexity index is 227. The maximum atomic E-state index is 10.3. The number of thiophene rings is 1. The van der Waals surface area contributed by atoms with Crippen LogP contribution < -0.4 is 0 Å². The fraction of sp³-hybridized carbons (Fsp3) is 0.444. The van der Waals surface area contributed by atoms with E-state index in [2.05, 4.69) is 6.92 Å². The first-order chi connectivity index (χ1) is 5.36. The molecular weight excluding hydrogens is 156 g/mol. The van der Waals surface area contributed by atoms with Gasteiger partial charge in [0.25, 0.3) is 0 Å². The highest BCUT2D eigenvalue weighted by Crippen LogP contribution is 2.15. The Morgan fingerprint density at radius 3 is 3.00 bits per heavy atom. The maximum Gasteiger partial charge on any atom is 0.150 e. The summed E-state index contributed by atoms with van der Waals surface area (Å²) in [4.78, 5) is 11.6. The van der Waals surface area contributed by atoms with Crippen molar-refractivity contribution in [2.24, 2.45) is 0 Å². The molecule has 0 aromatic carbocycles. The van der Waals surface area contributed by atoms with Gasteiger partial charge in [0.15, 0.2) is 6.29 Å². The van der Waals surface area contributed by atoms with Gasteiger partial charge in [0.2, 0.25) is 0 Å². The Balaban J connectivity index is 2.51. The lowest BCUT2D eigenvalue weighted by molar-refractivity contribution is 0.112. The van der Waals surface area contributed by atoms with Gasteiger partial charge in [0.05, 0.1) is 0 Å². The molecule has 0 unspecified atom stereocenters. The molecule has 0 atom stereocenters. The molecule has 1 aromatic heterocycles. The van der Waals surface area contributed by atoms with Crippen LogP contribution in [0.15, 0.2) is 11.4 Å². The average Bonchev–Trinajstić information content (AvgIpc) is 2.48. The van der Waals surface area contributed by atoms with E-state index < -0.39 is 0 Å². The highest BCUT2D eigenvalue weighted by Gasteiger charge is 1.96. The zero-order chi connectivity index (χ0) is 8.10. The first-order valence-electron chi connectivity index (χ1n) is 3.89. The standard InChI is InChI=1S/C9H12OS/c1-2-3-4-9-5-8(6-10)7-11-9/h5-7H,2-4H2,1H3. The molecule has 11 heavy (non-hydrogen) atoms. The van der Waals surface area contributed by atoms with E-state index in [-0.39, 0.29) is 0 Å². The molecule has 1 rings (SSSR count). The fourth-order valence-electron chi connectivity index (χ4n) is 0.942. The van der Waals surface area contributed by atoms with Crippen molar-refractivity contribution in [1.82, 2.24) is 0 Å². The number of unbranched alkanes of at least 4 members (excludes halogenated alkanes) is 1. The molecule has 0 saturated carbocycles. The average molecular weight is 168 g/mol. The summed E-state index contributed by atoms with van der Waals surface area (Å²) in [7, 11) is 0. The van der Waals surface area contributed by atoms with Crippen LogP contribution in [0.2, 0.25) is 0 Å². The van der Waals surface area contributed by atoms with Crippen molar-refractivity contribution in [3.05, 3.63) is 21.9 Å². The monoisotopic (exact) mass is 168 g/mol. The van der Waals surface area contributed by atoms with Gasteiger partial charge in [0.1, 0.15) is 0 Å². The quantitative estimate of drug-likeness (QED) is 0.632. The summed E-state index contributed by atoms with van der Waals surface area (Å²) in [5.41, 5.74) is 0.820. The third-order valence-electron chi connectivity index (χ3n) is 1.59. The van der Waals surface area contributed by atoms with Gasteiger partial charge in [-0.25, -0.2) is 0 Å². The van der Waals surface area contributed by atoms with Gasteiger partial charge in [0, 0.05) is 15.8 Å². The van der Waals surface area contributed by atoms with Crippen molar-refractivity contribution in [2.75, 3.05) is 0 Å². The van der Waals surface area contributed by atoms with Crippen LogP contribution in [0.3, 0.4) is 0 Å². The minimum atomic E-state index is 0.820. The summed E-state index contributed by atoms with van der Waals surface area (Å²) in [5, 5.41) is 1.91. The van der Waals surface area contributed by atoms with Gasteiger partial charge in [-0.2, -0.15) is 0 Å². The molecule has 0 saturated heterocycles. The molecule has 0 N–H and O–H groups in total. The molecule has 0 aliphatic rings. The van der Waals surface area contributed by atoms with Crippen molar-refractivity contribution in [3.8, 4) is 0 Å². The van der Waals surface area contributed by atoms with Crippen LogP contribution in [0.1, 0.15) is 35.0 Å². The SMILES string of the molecule is CCCCc1cc(C=O)cs1. The van der Waals surface area contributed by atoms with Crippen LogP contribution in [-0.2, 0) is 6.42 Å². The van der Waals surface area contributed by atoms with Crippen LogP contribution in [0.5, 0.6) is 0 Å². The van der Waals surface area contributed by atoms with Crippen LogP contribution in [-0.4, -0.2) is 6.29 Å². The number of carbonyl (C=O) groups is 1. The highest BCUT2D eigenvalue weighted by atomic mass is 32.1. The Hall–Kier alpha value is -0.630. The molecule has 0 spiro atoms. The van der Waals surface area contributed by atoms with E-state index in [9.17, 15) is 4.79 Å². The maximum absolute atomic E-state index is 10.3. The second-order valence-electron chi connectivity index (χ2n) is 2.57. The van der Waals surface area contributed by atoms with Crippen LogP contribution >= 0.6 is 11.3 Å². The minimum absolute atomic E-state index is 0.820. The smallest absolute Gasteiger partial charge is 0.150 e. The second kappa shape index (κ2) is 4.29. The summed E-state index contributed by atoms with van der Waals surface area (Å²) < 4.78 is 0. The summed E-state index contributed by atoms with van der Waals surface area (Å²) in [6.07, 6.45) is 4.47. The van der Waals surface area contributed by atoms with Crippen molar-refractivity contribution in [2.45, 2.75) is 26.2 Å². The fourth-order valence-corrected chi connectivity index (χ4v) is 1.82. The van der Waals surface area contributed by atoms with E-state index in [0.29, 0.717) is 0 Å². The van der Waals surface area contributed by atoms with Crippen molar-refractivity contribution >= 4 is 17.6 Å². The number of hydrogen-bond donors (Lipinski definition) is 0. The molecule has 0 aliphatic carbocycles. The van der Waals surface area contributed by atoms with E-state index in [4.69, 9.17) is 0 Å². The Morgan fingerprint density at radius 1 is 1.64 bits per heavy atom. The Labute approximate surface area is 71.1 Å². The summed E-state index contributed by atoms with van der Waals surface area (Å²) >= 11 is 1.68. The van der Waals surface area contributed by atoms with Gasteiger partial charge in [-0.1, -0.05) is 13.3 Å². The molecule has 1 aromatic rings. The molecule has 0 radical (unpaired) electrons. The molecule has 0 amide bonds. The predicted molar refractivity (Wildman–Crippen MR) is 48.3 cm³/mol. The van der Waals surface area contributed by atoms with Gasteiger partial charge in [-0.3, -0.25) is 4.79 Å². The van der Waals surface area contributed by atoms with E-state index in [1.54, 1.807) is 11.3 Å². The van der Waals surface area contributed by atoms with Crippen LogP contribution in [0, 0.1) is 0 Å². The Morgan fingerprint density at radius 2 is 2.45 bits per heavy atom. The van der Waals surface area contributed by atoms with Gasteiger partial charge in [-0.15, -0.1) is 11.3 Å². The largest absolute Gasteiger partial charge is 0.298 e. The van der Waals surface area contributed by atoms with E-state index in [1.807, 2.05) is 11.4 Å². The van der Waals surface area contributed by atoms with Crippen LogP contribution in [0.4, 0.5) is 0 Å². The lowest BCUT2D eigenvalue weighted by Gasteiger charge is -1.90. The zero-order valence-electron chi connectivity index (χ0n) is 6.67. The van der Waals surface area contributed by atoms with Crippen molar-refractivity contribution in [3.63, 3.8) is 0 Å². The van der Waals surface area contributed by atoms with E-state index in [0.717, 1.165) is 18.3 Å². The number of carbonyl (C=O) groups excluding carboxylic acids is 1. The number of aryl methyl sites for hydroxylation is 1. The summed E-state index contributed by atoms with van der Waals surface area (Å²) in [5.74, 6) is 0. The zero-order valence-corrected chi connectivity index (χ0v) is 7.49. The normalized spacial score (nSPS) is 9.91. The number of hydrogen-bond acceptors (Lipinski definition) is 2. The Kier molecular flexibility index (Phi) is 3.30. The van der Waals surface area contributed by atoms with Crippen molar-refractivity contribution in [1.29, 1.82) is 0 Å². The third kappa shape index (κ3) is 2.46. The molecule has 0 bridgehead atoms. The molecule has 60 valence electrons. The minimum Gasteiger partial charge on any atom is -0.298 e. The predicted octanol–water partition coefficient (Wildman–Crippen LogP) is 2.90. The van der Waals surface area contributed by atoms with Gasteiger partial charge < -0.3 is 0 Å². The lowest BCUT2D eigenvalue weighted by atomic mass is 10.2. The topological polar surface area (TPSA) is 17.1 Å². The van der Waals surface area contributed by atoms with Gasteiger partial charge >= 0.3 is 0 Å². The molecule has 1 heterocycles. The highest BCUT2D eigenvalue weighted by molar-refractivity contribution is 7.10. The van der Waals surface area contributed by atoms with Gasteiger partial charge in [-0.05, 0) is 18.9 Å². The molecule has 0 aliphatic heterocycles. The number of aldehydes is 1. The van der Waals surface area contributed by atoms with Crippen molar-refractivity contribution < 1.29 is 4.79 Å². The first kappa shape index (κ1) is 8.47. The molecular formula is C9H12OS. The molecule has 2 heteroatoms. The first-order valence-corrected chi connectivity index (χ1v) is 4.77. The number of rotatable bonds is 4. The lowest BCUT2D eigenvalue weighted by Crippen LogP contribution is -1.77. The summed E-state index contributed by atoms with van der Waals surface area (Å²) in [6, 6.07) is 1.98. The van der Waals surface area contributed by atoms with E-state index in [1.165, 1.54) is 17.7 Å². The second-order valence-corrected chi connectivity index (χ2v) is 3.56. The molecule has 0 fully saturated rings. The third-order valence-corrected chi connectivity index (χ3v) is 2.60.